The fourth-order valence-corrected chi connectivity index (χ4v) is 2.66. The normalized spacial score (nSPS) is 13.7. The van der Waals surface area contributed by atoms with E-state index < -0.39 is 0 Å². The zero-order valence-electron chi connectivity index (χ0n) is 13.1. The van der Waals surface area contributed by atoms with Crippen molar-refractivity contribution in [3.8, 4) is 0 Å². The Balaban J connectivity index is 1.57. The number of amides is 1. The molecule has 2 aromatic rings. The van der Waals surface area contributed by atoms with Gasteiger partial charge in [-0.2, -0.15) is 5.10 Å². The Hall–Kier alpha value is -2.14. The second-order valence-corrected chi connectivity index (χ2v) is 5.70. The highest BCUT2D eigenvalue weighted by molar-refractivity contribution is 5.94. The van der Waals surface area contributed by atoms with Gasteiger partial charge in [0.25, 0.3) is 5.91 Å². The molecule has 0 saturated heterocycles. The van der Waals surface area contributed by atoms with Gasteiger partial charge in [-0.05, 0) is 37.1 Å². The summed E-state index contributed by atoms with van der Waals surface area (Å²) in [6.45, 7) is 6.70. The fourth-order valence-electron chi connectivity index (χ4n) is 2.66. The van der Waals surface area contributed by atoms with E-state index >= 15 is 0 Å². The van der Waals surface area contributed by atoms with Gasteiger partial charge in [-0.1, -0.05) is 6.07 Å². The smallest absolute Gasteiger partial charge is 0.251 e. The number of aromatic nitrogens is 2. The molecule has 1 aliphatic heterocycles. The number of ether oxygens (including phenoxy) is 1. The van der Waals surface area contributed by atoms with Gasteiger partial charge in [-0.3, -0.25) is 9.48 Å². The van der Waals surface area contributed by atoms with Crippen molar-refractivity contribution in [2.24, 2.45) is 0 Å². The van der Waals surface area contributed by atoms with E-state index in [1.54, 1.807) is 0 Å². The summed E-state index contributed by atoms with van der Waals surface area (Å²) in [5.41, 5.74) is 5.42. The van der Waals surface area contributed by atoms with Crippen molar-refractivity contribution < 1.29 is 9.53 Å². The SMILES string of the molecule is Cc1ccc(C(=O)NCCn2ncc3c2CCOC3)cc1C. The minimum Gasteiger partial charge on any atom is -0.376 e. The molecule has 22 heavy (non-hydrogen) atoms. The average Bonchev–Trinajstić information content (AvgIpc) is 2.93. The minimum absolute atomic E-state index is 0.0348. The number of carbonyl (C=O) groups is 1. The summed E-state index contributed by atoms with van der Waals surface area (Å²) in [6.07, 6.45) is 2.75. The molecule has 5 nitrogen and oxygen atoms in total. The molecule has 0 radical (unpaired) electrons. The predicted octanol–water partition coefficient (Wildman–Crippen LogP) is 2.00. The van der Waals surface area contributed by atoms with Crippen LogP contribution in [0.2, 0.25) is 0 Å². The Bertz CT molecular complexity index is 691. The van der Waals surface area contributed by atoms with Crippen LogP contribution in [-0.4, -0.2) is 28.8 Å². The molecule has 0 spiro atoms. The van der Waals surface area contributed by atoms with Gasteiger partial charge in [0.1, 0.15) is 0 Å². The molecule has 1 N–H and O–H groups in total. The molecule has 1 aliphatic rings. The van der Waals surface area contributed by atoms with Crippen molar-refractivity contribution in [1.82, 2.24) is 15.1 Å². The predicted molar refractivity (Wildman–Crippen MR) is 83.8 cm³/mol. The first-order valence-electron chi connectivity index (χ1n) is 7.62. The van der Waals surface area contributed by atoms with Gasteiger partial charge >= 0.3 is 0 Å². The number of carbonyl (C=O) groups excluding carboxylic acids is 1. The van der Waals surface area contributed by atoms with Gasteiger partial charge in [0.05, 0.1) is 26.0 Å². The van der Waals surface area contributed by atoms with E-state index in [4.69, 9.17) is 4.74 Å². The lowest BCUT2D eigenvalue weighted by molar-refractivity contribution is 0.0950. The highest BCUT2D eigenvalue weighted by Gasteiger charge is 2.15. The third kappa shape index (κ3) is 3.04. The molecule has 0 fully saturated rings. The molecule has 2 heterocycles. The second-order valence-electron chi connectivity index (χ2n) is 5.70. The summed E-state index contributed by atoms with van der Waals surface area (Å²) in [4.78, 5) is 12.2. The lowest BCUT2D eigenvalue weighted by Gasteiger charge is -2.15. The Morgan fingerprint density at radius 1 is 1.36 bits per heavy atom. The van der Waals surface area contributed by atoms with Crippen LogP contribution in [0.5, 0.6) is 0 Å². The molecule has 0 saturated carbocycles. The van der Waals surface area contributed by atoms with Crippen LogP contribution in [0.4, 0.5) is 0 Å². The molecule has 3 rings (SSSR count). The summed E-state index contributed by atoms with van der Waals surface area (Å²) < 4.78 is 7.38. The Morgan fingerprint density at radius 2 is 2.23 bits per heavy atom. The van der Waals surface area contributed by atoms with Crippen LogP contribution in [0.15, 0.2) is 24.4 Å². The number of benzene rings is 1. The lowest BCUT2D eigenvalue weighted by Crippen LogP contribution is -2.28. The Kier molecular flexibility index (Phi) is 4.24. The van der Waals surface area contributed by atoms with E-state index in [2.05, 4.69) is 10.4 Å². The Labute approximate surface area is 130 Å². The van der Waals surface area contributed by atoms with Crippen molar-refractivity contribution >= 4 is 5.91 Å². The van der Waals surface area contributed by atoms with Crippen LogP contribution in [0.3, 0.4) is 0 Å². The quantitative estimate of drug-likeness (QED) is 0.939. The van der Waals surface area contributed by atoms with Gasteiger partial charge < -0.3 is 10.1 Å². The fraction of sp³-hybridized carbons (Fsp3) is 0.412. The number of nitrogens with one attached hydrogen (secondary N) is 1. The molecule has 116 valence electrons. The molecule has 0 unspecified atom stereocenters. The first-order valence-corrected chi connectivity index (χ1v) is 7.62. The number of hydrogen-bond donors (Lipinski definition) is 1. The van der Waals surface area contributed by atoms with Gasteiger partial charge in [-0.15, -0.1) is 0 Å². The van der Waals surface area contributed by atoms with E-state index in [0.717, 1.165) is 24.2 Å². The standard InChI is InChI=1S/C17H21N3O2/c1-12-3-4-14(9-13(12)2)17(21)18-6-7-20-16-5-8-22-11-15(16)10-19-20/h3-4,9-10H,5-8,11H2,1-2H3,(H,18,21). The summed E-state index contributed by atoms with van der Waals surface area (Å²) in [7, 11) is 0. The van der Waals surface area contributed by atoms with Gasteiger partial charge in [-0.25, -0.2) is 0 Å². The van der Waals surface area contributed by atoms with Crippen LogP contribution < -0.4 is 5.32 Å². The lowest BCUT2D eigenvalue weighted by atomic mass is 10.1. The highest BCUT2D eigenvalue weighted by atomic mass is 16.5. The van der Waals surface area contributed by atoms with Crippen molar-refractivity contribution in [1.29, 1.82) is 0 Å². The number of hydrogen-bond acceptors (Lipinski definition) is 3. The largest absolute Gasteiger partial charge is 0.376 e. The van der Waals surface area contributed by atoms with Crippen LogP contribution in [0, 0.1) is 13.8 Å². The summed E-state index contributed by atoms with van der Waals surface area (Å²) in [6, 6.07) is 5.77. The van der Waals surface area contributed by atoms with Crippen molar-refractivity contribution in [2.75, 3.05) is 13.2 Å². The van der Waals surface area contributed by atoms with E-state index in [1.807, 2.05) is 42.9 Å². The Morgan fingerprint density at radius 3 is 3.05 bits per heavy atom. The number of fused-ring (bicyclic) bond motifs is 1. The maximum absolute atomic E-state index is 12.2. The first kappa shape index (κ1) is 14.8. The topological polar surface area (TPSA) is 56.2 Å². The zero-order valence-corrected chi connectivity index (χ0v) is 13.1. The maximum Gasteiger partial charge on any atom is 0.251 e. The van der Waals surface area contributed by atoms with E-state index in [-0.39, 0.29) is 5.91 Å². The molecule has 1 aromatic heterocycles. The molecule has 1 aromatic carbocycles. The summed E-state index contributed by atoms with van der Waals surface area (Å²) >= 11 is 0. The number of nitrogens with zero attached hydrogens (tertiary/aromatic N) is 2. The number of aryl methyl sites for hydroxylation is 2. The monoisotopic (exact) mass is 299 g/mol. The third-order valence-electron chi connectivity index (χ3n) is 4.15. The molecule has 0 bridgehead atoms. The van der Waals surface area contributed by atoms with Crippen LogP contribution >= 0.6 is 0 Å². The molecule has 0 aliphatic carbocycles. The molecular weight excluding hydrogens is 278 g/mol. The van der Waals surface area contributed by atoms with E-state index in [1.165, 1.54) is 11.3 Å². The average molecular weight is 299 g/mol. The van der Waals surface area contributed by atoms with Crippen molar-refractivity contribution in [3.05, 3.63) is 52.3 Å². The van der Waals surface area contributed by atoms with Crippen LogP contribution in [0.1, 0.15) is 32.7 Å². The van der Waals surface area contributed by atoms with Crippen molar-refractivity contribution in [2.45, 2.75) is 33.4 Å². The van der Waals surface area contributed by atoms with E-state index in [0.29, 0.717) is 25.3 Å². The van der Waals surface area contributed by atoms with Crippen LogP contribution in [0.25, 0.3) is 0 Å². The third-order valence-corrected chi connectivity index (χ3v) is 4.15. The van der Waals surface area contributed by atoms with Crippen molar-refractivity contribution in [3.63, 3.8) is 0 Å². The van der Waals surface area contributed by atoms with Gasteiger partial charge in [0.15, 0.2) is 0 Å². The molecule has 1 amide bonds. The maximum atomic E-state index is 12.2. The summed E-state index contributed by atoms with van der Waals surface area (Å²) in [5, 5.41) is 7.34. The second kappa shape index (κ2) is 6.32. The molecule has 0 atom stereocenters. The highest BCUT2D eigenvalue weighted by Crippen LogP contribution is 2.15. The summed E-state index contributed by atoms with van der Waals surface area (Å²) in [5.74, 6) is -0.0348. The minimum atomic E-state index is -0.0348. The van der Waals surface area contributed by atoms with Gasteiger partial charge in [0, 0.05) is 29.8 Å². The van der Waals surface area contributed by atoms with Crippen LogP contribution in [-0.2, 0) is 24.3 Å². The zero-order chi connectivity index (χ0) is 15.5. The molecular formula is C17H21N3O2. The number of rotatable bonds is 4. The van der Waals surface area contributed by atoms with Gasteiger partial charge in [0.2, 0.25) is 0 Å². The molecule has 5 heteroatoms. The first-order chi connectivity index (χ1) is 10.6. The van der Waals surface area contributed by atoms with E-state index in [9.17, 15) is 4.79 Å².